The number of nitrogens with two attached hydrogens (primary N) is 1. The molecule has 1 atom stereocenters. The van der Waals surface area contributed by atoms with E-state index in [0.717, 1.165) is 18.4 Å². The Morgan fingerprint density at radius 1 is 1.58 bits per heavy atom. The number of amides is 1. The van der Waals surface area contributed by atoms with Gasteiger partial charge in [0.1, 0.15) is 5.56 Å². The Hall–Kier alpha value is -1.95. The predicted octanol–water partition coefficient (Wildman–Crippen LogP) is 1.37. The van der Waals surface area contributed by atoms with Crippen LogP contribution in [-0.2, 0) is 0 Å². The summed E-state index contributed by atoms with van der Waals surface area (Å²) in [4.78, 5) is 22.3. The predicted molar refractivity (Wildman–Crippen MR) is 70.9 cm³/mol. The number of nitrogens with zero attached hydrogens (tertiary/aromatic N) is 1. The highest BCUT2D eigenvalue weighted by molar-refractivity contribution is 5.98. The molecule has 0 bridgehead atoms. The van der Waals surface area contributed by atoms with E-state index in [4.69, 9.17) is 5.73 Å². The molecule has 0 heterocycles. The van der Waals surface area contributed by atoms with Gasteiger partial charge < -0.3 is 11.1 Å². The number of rotatable bonds is 5. The van der Waals surface area contributed by atoms with E-state index < -0.39 is 10.8 Å². The van der Waals surface area contributed by atoms with E-state index in [9.17, 15) is 14.9 Å². The molecule has 102 valence electrons. The first-order valence-electron chi connectivity index (χ1n) is 6.28. The molecule has 1 amide bonds. The SMILES string of the molecule is Cc1ccc([N+](=O)[O-])c(C(=O)NCC(N)C2CC2)c1. The summed E-state index contributed by atoms with van der Waals surface area (Å²) in [6.07, 6.45) is 2.20. The minimum Gasteiger partial charge on any atom is -0.350 e. The molecule has 1 aliphatic rings. The maximum atomic E-state index is 12.0. The minimum absolute atomic E-state index is 0.0622. The smallest absolute Gasteiger partial charge is 0.282 e. The molecule has 1 aromatic carbocycles. The van der Waals surface area contributed by atoms with Crippen LogP contribution in [0, 0.1) is 23.0 Å². The third-order valence-electron chi connectivity index (χ3n) is 3.32. The molecule has 2 rings (SSSR count). The summed E-state index contributed by atoms with van der Waals surface area (Å²) < 4.78 is 0. The quantitative estimate of drug-likeness (QED) is 0.619. The first kappa shape index (κ1) is 13.5. The summed E-state index contributed by atoms with van der Waals surface area (Å²) in [5.74, 6) is 0.0410. The van der Waals surface area contributed by atoms with Crippen LogP contribution in [0.3, 0.4) is 0 Å². The summed E-state index contributed by atoms with van der Waals surface area (Å²) in [7, 11) is 0. The van der Waals surface area contributed by atoms with Gasteiger partial charge in [-0.15, -0.1) is 0 Å². The average Bonchev–Trinajstić information content (AvgIpc) is 3.19. The van der Waals surface area contributed by atoms with Crippen molar-refractivity contribution in [2.24, 2.45) is 11.7 Å². The van der Waals surface area contributed by atoms with Crippen LogP contribution in [0.25, 0.3) is 0 Å². The number of carbonyl (C=O) groups is 1. The molecule has 0 aliphatic heterocycles. The lowest BCUT2D eigenvalue weighted by Crippen LogP contribution is -2.38. The van der Waals surface area contributed by atoms with E-state index in [2.05, 4.69) is 5.32 Å². The van der Waals surface area contributed by atoms with E-state index in [1.807, 2.05) is 0 Å². The summed E-state index contributed by atoms with van der Waals surface area (Å²) in [6, 6.07) is 4.43. The van der Waals surface area contributed by atoms with Gasteiger partial charge in [-0.25, -0.2) is 0 Å². The van der Waals surface area contributed by atoms with Gasteiger partial charge in [0.25, 0.3) is 11.6 Å². The largest absolute Gasteiger partial charge is 0.350 e. The van der Waals surface area contributed by atoms with Gasteiger partial charge >= 0.3 is 0 Å². The van der Waals surface area contributed by atoms with Crippen LogP contribution >= 0.6 is 0 Å². The summed E-state index contributed by atoms with van der Waals surface area (Å²) in [5.41, 5.74) is 6.61. The Morgan fingerprint density at radius 2 is 2.26 bits per heavy atom. The van der Waals surface area contributed by atoms with Crippen molar-refractivity contribution in [1.29, 1.82) is 0 Å². The van der Waals surface area contributed by atoms with Gasteiger partial charge in [0.05, 0.1) is 4.92 Å². The summed E-state index contributed by atoms with van der Waals surface area (Å²) in [6.45, 7) is 2.14. The number of nitrogens with one attached hydrogen (secondary N) is 1. The average molecular weight is 263 g/mol. The Kier molecular flexibility index (Phi) is 3.80. The lowest BCUT2D eigenvalue weighted by Gasteiger charge is -2.11. The van der Waals surface area contributed by atoms with Crippen LogP contribution in [-0.4, -0.2) is 23.4 Å². The third kappa shape index (κ3) is 3.29. The normalized spacial score (nSPS) is 15.9. The van der Waals surface area contributed by atoms with Crippen LogP contribution in [0.1, 0.15) is 28.8 Å². The number of carbonyl (C=O) groups excluding carboxylic acids is 1. The monoisotopic (exact) mass is 263 g/mol. The van der Waals surface area contributed by atoms with E-state index >= 15 is 0 Å². The van der Waals surface area contributed by atoms with Crippen LogP contribution in [0.2, 0.25) is 0 Å². The zero-order valence-electron chi connectivity index (χ0n) is 10.8. The van der Waals surface area contributed by atoms with E-state index in [1.165, 1.54) is 12.1 Å². The maximum absolute atomic E-state index is 12.0. The van der Waals surface area contributed by atoms with Gasteiger partial charge in [-0.3, -0.25) is 14.9 Å². The van der Waals surface area contributed by atoms with Crippen LogP contribution in [0.4, 0.5) is 5.69 Å². The molecule has 1 fully saturated rings. The molecular formula is C13H17N3O3. The number of nitro groups is 1. The molecule has 0 saturated heterocycles. The van der Waals surface area contributed by atoms with Gasteiger partial charge in [0.15, 0.2) is 0 Å². The topological polar surface area (TPSA) is 98.3 Å². The Bertz CT molecular complexity index is 512. The molecule has 0 spiro atoms. The molecule has 0 radical (unpaired) electrons. The van der Waals surface area contributed by atoms with Crippen molar-refractivity contribution in [3.05, 3.63) is 39.4 Å². The zero-order chi connectivity index (χ0) is 14.0. The number of benzene rings is 1. The van der Waals surface area contributed by atoms with Crippen molar-refractivity contribution in [3.8, 4) is 0 Å². The van der Waals surface area contributed by atoms with Gasteiger partial charge in [-0.1, -0.05) is 6.07 Å². The second kappa shape index (κ2) is 5.36. The second-order valence-corrected chi connectivity index (χ2v) is 4.99. The van der Waals surface area contributed by atoms with Crippen LogP contribution < -0.4 is 11.1 Å². The molecule has 1 unspecified atom stereocenters. The van der Waals surface area contributed by atoms with Crippen LogP contribution in [0.5, 0.6) is 0 Å². The zero-order valence-corrected chi connectivity index (χ0v) is 10.8. The molecule has 1 aliphatic carbocycles. The van der Waals surface area contributed by atoms with E-state index in [-0.39, 0.29) is 17.3 Å². The lowest BCUT2D eigenvalue weighted by molar-refractivity contribution is -0.385. The molecule has 1 aromatic rings. The summed E-state index contributed by atoms with van der Waals surface area (Å²) in [5, 5.41) is 13.6. The van der Waals surface area contributed by atoms with Crippen molar-refractivity contribution < 1.29 is 9.72 Å². The molecule has 6 heteroatoms. The highest BCUT2D eigenvalue weighted by atomic mass is 16.6. The Morgan fingerprint density at radius 3 is 2.84 bits per heavy atom. The van der Waals surface area contributed by atoms with Crippen molar-refractivity contribution in [3.63, 3.8) is 0 Å². The molecule has 6 nitrogen and oxygen atoms in total. The molecule has 0 aromatic heterocycles. The van der Waals surface area contributed by atoms with E-state index in [1.54, 1.807) is 13.0 Å². The highest BCUT2D eigenvalue weighted by Crippen LogP contribution is 2.31. The van der Waals surface area contributed by atoms with Crippen molar-refractivity contribution in [2.45, 2.75) is 25.8 Å². The van der Waals surface area contributed by atoms with Crippen molar-refractivity contribution in [1.82, 2.24) is 5.32 Å². The molecular weight excluding hydrogens is 246 g/mol. The van der Waals surface area contributed by atoms with Gasteiger partial charge in [0, 0.05) is 18.7 Å². The first-order valence-corrected chi connectivity index (χ1v) is 6.28. The number of nitro benzene ring substituents is 1. The fourth-order valence-electron chi connectivity index (χ4n) is 1.99. The standard InChI is InChI=1S/C13H17N3O3/c1-8-2-5-12(16(18)19)10(6-8)13(17)15-7-11(14)9-3-4-9/h2,5-6,9,11H,3-4,7,14H2,1H3,(H,15,17). The molecule has 3 N–H and O–H groups in total. The van der Waals surface area contributed by atoms with Gasteiger partial charge in [-0.05, 0) is 37.3 Å². The third-order valence-corrected chi connectivity index (χ3v) is 3.32. The van der Waals surface area contributed by atoms with Crippen LogP contribution in [0.15, 0.2) is 18.2 Å². The van der Waals surface area contributed by atoms with Crippen molar-refractivity contribution >= 4 is 11.6 Å². The number of hydrogen-bond donors (Lipinski definition) is 2. The molecule has 1 saturated carbocycles. The second-order valence-electron chi connectivity index (χ2n) is 4.99. The fourth-order valence-corrected chi connectivity index (χ4v) is 1.99. The maximum Gasteiger partial charge on any atom is 0.282 e. The molecule has 19 heavy (non-hydrogen) atoms. The first-order chi connectivity index (χ1) is 8.99. The number of aryl methyl sites for hydroxylation is 1. The Balaban J connectivity index is 2.08. The minimum atomic E-state index is -0.546. The van der Waals surface area contributed by atoms with Gasteiger partial charge in [-0.2, -0.15) is 0 Å². The van der Waals surface area contributed by atoms with E-state index in [0.29, 0.717) is 12.5 Å². The van der Waals surface area contributed by atoms with Crippen molar-refractivity contribution in [2.75, 3.05) is 6.54 Å². The Labute approximate surface area is 111 Å². The highest BCUT2D eigenvalue weighted by Gasteiger charge is 2.29. The lowest BCUT2D eigenvalue weighted by atomic mass is 10.1. The van der Waals surface area contributed by atoms with Gasteiger partial charge in [0.2, 0.25) is 0 Å². The number of hydrogen-bond acceptors (Lipinski definition) is 4. The fraction of sp³-hybridized carbons (Fsp3) is 0.462. The summed E-state index contributed by atoms with van der Waals surface area (Å²) >= 11 is 0.